The molecule has 2 amide bonds. The molecule has 0 unspecified atom stereocenters. The molecule has 10 heteroatoms. The molecule has 0 bridgehead atoms. The Morgan fingerprint density at radius 3 is 2.51 bits per heavy atom. The first-order valence-corrected chi connectivity index (χ1v) is 13.1. The third-order valence-electron chi connectivity index (χ3n) is 5.45. The number of nitrogens with zero attached hydrogens (tertiary/aromatic N) is 1. The largest absolute Gasteiger partial charge is 0.476 e. The lowest BCUT2D eigenvalue weighted by Crippen LogP contribution is -2.48. The maximum atomic E-state index is 13.1. The minimum Gasteiger partial charge on any atom is -0.476 e. The monoisotopic (exact) mass is 513 g/mol. The molecule has 2 N–H and O–H groups in total. The number of carbonyl (C=O) groups excluding carboxylic acids is 2. The predicted octanol–water partition coefficient (Wildman–Crippen LogP) is 3.48. The van der Waals surface area contributed by atoms with Crippen molar-refractivity contribution in [2.45, 2.75) is 12.5 Å². The van der Waals surface area contributed by atoms with E-state index in [0.29, 0.717) is 23.7 Å². The second-order valence-corrected chi connectivity index (χ2v) is 10.4. The summed E-state index contributed by atoms with van der Waals surface area (Å²) in [5, 5.41) is 5.92. The fraction of sp³-hybridized carbons (Fsp3) is 0.200. The van der Waals surface area contributed by atoms with Crippen LogP contribution < -0.4 is 19.7 Å². The SMILES string of the molecule is CS(=O)(=O)N1C[C@@H](C(=O)Nc2ccccc2C(=O)NCCc2ccccc2)Oc2ccc(Cl)cc21. The Balaban J connectivity index is 1.47. The molecule has 0 spiro atoms. The normalized spacial score (nSPS) is 15.0. The van der Waals surface area contributed by atoms with Crippen molar-refractivity contribution in [3.8, 4) is 5.75 Å². The molecule has 0 saturated carbocycles. The number of hydrogen-bond donors (Lipinski definition) is 2. The molecule has 0 radical (unpaired) electrons. The molecular formula is C25H24ClN3O5S. The van der Waals surface area contributed by atoms with E-state index in [1.807, 2.05) is 30.3 Å². The van der Waals surface area contributed by atoms with Gasteiger partial charge in [0, 0.05) is 11.6 Å². The standard InChI is InChI=1S/C25H24ClN3O5S/c1-35(32,33)29-16-23(34-22-12-11-18(26)15-21(22)29)25(31)28-20-10-6-5-9-19(20)24(30)27-14-13-17-7-3-2-4-8-17/h2-12,15,23H,13-14,16H2,1H3,(H,27,30)(H,28,31)/t23-/m0/s1. The Kier molecular flexibility index (Phi) is 7.28. The number of anilines is 2. The Bertz CT molecular complexity index is 1350. The molecule has 35 heavy (non-hydrogen) atoms. The van der Waals surface area contributed by atoms with Crippen LogP contribution in [0.15, 0.2) is 72.8 Å². The van der Waals surface area contributed by atoms with Gasteiger partial charge in [-0.25, -0.2) is 8.42 Å². The first-order valence-electron chi connectivity index (χ1n) is 10.9. The second-order valence-electron chi connectivity index (χ2n) is 8.04. The highest BCUT2D eigenvalue weighted by Crippen LogP contribution is 2.37. The number of nitrogens with one attached hydrogen (secondary N) is 2. The van der Waals surface area contributed by atoms with Crippen LogP contribution in [0.4, 0.5) is 11.4 Å². The van der Waals surface area contributed by atoms with E-state index in [9.17, 15) is 18.0 Å². The average molecular weight is 514 g/mol. The van der Waals surface area contributed by atoms with Gasteiger partial charge in [0.15, 0.2) is 6.10 Å². The van der Waals surface area contributed by atoms with Crippen molar-refractivity contribution in [2.24, 2.45) is 0 Å². The van der Waals surface area contributed by atoms with Crippen molar-refractivity contribution >= 4 is 44.8 Å². The molecule has 1 aliphatic heterocycles. The van der Waals surface area contributed by atoms with Crippen LogP contribution >= 0.6 is 11.6 Å². The van der Waals surface area contributed by atoms with E-state index in [4.69, 9.17) is 16.3 Å². The number of fused-ring (bicyclic) bond motifs is 1. The summed E-state index contributed by atoms with van der Waals surface area (Å²) in [6.07, 6.45) is 0.585. The van der Waals surface area contributed by atoms with Crippen molar-refractivity contribution in [3.63, 3.8) is 0 Å². The van der Waals surface area contributed by atoms with E-state index in [-0.39, 0.29) is 29.5 Å². The maximum absolute atomic E-state index is 13.1. The molecule has 1 atom stereocenters. The number of sulfonamides is 1. The van der Waals surface area contributed by atoms with Crippen molar-refractivity contribution in [2.75, 3.05) is 29.0 Å². The summed E-state index contributed by atoms with van der Waals surface area (Å²) in [4.78, 5) is 25.9. The van der Waals surface area contributed by atoms with Crippen LogP contribution in [-0.4, -0.2) is 45.7 Å². The second kappa shape index (κ2) is 10.4. The number of para-hydroxylation sites is 1. The van der Waals surface area contributed by atoms with Gasteiger partial charge in [0.25, 0.3) is 11.8 Å². The lowest BCUT2D eigenvalue weighted by atomic mass is 10.1. The highest BCUT2D eigenvalue weighted by Gasteiger charge is 2.35. The van der Waals surface area contributed by atoms with E-state index < -0.39 is 22.0 Å². The van der Waals surface area contributed by atoms with Gasteiger partial charge >= 0.3 is 0 Å². The number of carbonyl (C=O) groups is 2. The highest BCUT2D eigenvalue weighted by atomic mass is 35.5. The van der Waals surface area contributed by atoms with Crippen LogP contribution in [0.25, 0.3) is 0 Å². The maximum Gasteiger partial charge on any atom is 0.267 e. The minimum absolute atomic E-state index is 0.221. The van der Waals surface area contributed by atoms with Gasteiger partial charge in [-0.1, -0.05) is 54.1 Å². The zero-order chi connectivity index (χ0) is 25.0. The molecule has 3 aromatic carbocycles. The van der Waals surface area contributed by atoms with Gasteiger partial charge in [0.05, 0.1) is 29.7 Å². The summed E-state index contributed by atoms with van der Waals surface area (Å²) in [5.74, 6) is -0.693. The van der Waals surface area contributed by atoms with Crippen LogP contribution in [0.2, 0.25) is 5.02 Å². The summed E-state index contributed by atoms with van der Waals surface area (Å²) < 4.78 is 31.6. The van der Waals surface area contributed by atoms with Crippen molar-refractivity contribution in [3.05, 3.63) is 88.9 Å². The highest BCUT2D eigenvalue weighted by molar-refractivity contribution is 7.92. The smallest absolute Gasteiger partial charge is 0.267 e. The lowest BCUT2D eigenvalue weighted by molar-refractivity contribution is -0.122. The third kappa shape index (κ3) is 5.93. The van der Waals surface area contributed by atoms with E-state index in [1.54, 1.807) is 30.3 Å². The van der Waals surface area contributed by atoms with Crippen LogP contribution in [0, 0.1) is 0 Å². The van der Waals surface area contributed by atoms with Crippen molar-refractivity contribution < 1.29 is 22.7 Å². The topological polar surface area (TPSA) is 105 Å². The van der Waals surface area contributed by atoms with Gasteiger partial charge in [-0.2, -0.15) is 0 Å². The molecule has 3 aromatic rings. The summed E-state index contributed by atoms with van der Waals surface area (Å²) >= 11 is 6.02. The third-order valence-corrected chi connectivity index (χ3v) is 6.84. The molecule has 1 aliphatic rings. The number of hydrogen-bond acceptors (Lipinski definition) is 5. The Morgan fingerprint density at radius 2 is 1.77 bits per heavy atom. The van der Waals surface area contributed by atoms with E-state index in [0.717, 1.165) is 16.1 Å². The number of halogens is 1. The predicted molar refractivity (Wildman–Crippen MR) is 136 cm³/mol. The van der Waals surface area contributed by atoms with Gasteiger partial charge in [-0.15, -0.1) is 0 Å². The van der Waals surface area contributed by atoms with E-state index in [2.05, 4.69) is 10.6 Å². The summed E-state index contributed by atoms with van der Waals surface area (Å²) in [6.45, 7) is 0.197. The number of amides is 2. The zero-order valence-corrected chi connectivity index (χ0v) is 20.5. The number of rotatable bonds is 7. The fourth-order valence-electron chi connectivity index (χ4n) is 3.74. The Labute approximate surface area is 208 Å². The molecule has 4 rings (SSSR count). The first-order chi connectivity index (χ1) is 16.7. The minimum atomic E-state index is -3.70. The van der Waals surface area contributed by atoms with E-state index >= 15 is 0 Å². The molecule has 1 heterocycles. The van der Waals surface area contributed by atoms with Gasteiger partial charge in [-0.3, -0.25) is 13.9 Å². The molecule has 0 saturated heterocycles. The van der Waals surface area contributed by atoms with Crippen LogP contribution in [0.1, 0.15) is 15.9 Å². The van der Waals surface area contributed by atoms with Crippen molar-refractivity contribution in [1.82, 2.24) is 5.32 Å². The average Bonchev–Trinajstić information content (AvgIpc) is 2.83. The molecular weight excluding hydrogens is 490 g/mol. The first kappa shape index (κ1) is 24.6. The van der Waals surface area contributed by atoms with Gasteiger partial charge < -0.3 is 15.4 Å². The Hall–Kier alpha value is -3.56. The number of benzene rings is 3. The van der Waals surface area contributed by atoms with Crippen LogP contribution in [-0.2, 0) is 21.2 Å². The summed E-state index contributed by atoms with van der Waals surface area (Å²) in [6, 6.07) is 20.9. The fourth-order valence-corrected chi connectivity index (χ4v) is 4.81. The van der Waals surface area contributed by atoms with Crippen LogP contribution in [0.3, 0.4) is 0 Å². The van der Waals surface area contributed by atoms with Crippen LogP contribution in [0.5, 0.6) is 5.75 Å². The lowest BCUT2D eigenvalue weighted by Gasteiger charge is -2.34. The quantitative estimate of drug-likeness (QED) is 0.503. The summed E-state index contributed by atoms with van der Waals surface area (Å²) in [5.41, 5.74) is 1.95. The summed E-state index contributed by atoms with van der Waals surface area (Å²) in [7, 11) is -3.70. The van der Waals surface area contributed by atoms with Gasteiger partial charge in [0.1, 0.15) is 5.75 Å². The van der Waals surface area contributed by atoms with E-state index in [1.165, 1.54) is 12.1 Å². The molecule has 0 fully saturated rings. The zero-order valence-electron chi connectivity index (χ0n) is 18.9. The molecule has 0 aliphatic carbocycles. The molecule has 182 valence electrons. The number of ether oxygens (including phenoxy) is 1. The molecule has 8 nitrogen and oxygen atoms in total. The molecule has 0 aromatic heterocycles. The Morgan fingerprint density at radius 1 is 1.06 bits per heavy atom. The van der Waals surface area contributed by atoms with Gasteiger partial charge in [0.2, 0.25) is 10.0 Å². The van der Waals surface area contributed by atoms with Crippen molar-refractivity contribution in [1.29, 1.82) is 0 Å². The van der Waals surface area contributed by atoms with Gasteiger partial charge in [-0.05, 0) is 42.3 Å².